The van der Waals surface area contributed by atoms with E-state index in [1.54, 1.807) is 5.56 Å². The Hall–Kier alpha value is -0.820. The molecule has 1 aliphatic rings. The van der Waals surface area contributed by atoms with Crippen LogP contribution in [0, 0.1) is 0 Å². The van der Waals surface area contributed by atoms with Crippen LogP contribution < -0.4 is 5.32 Å². The molecule has 0 spiro atoms. The summed E-state index contributed by atoms with van der Waals surface area (Å²) in [5.74, 6) is 0.871. The van der Waals surface area contributed by atoms with Gasteiger partial charge in [0.1, 0.15) is 0 Å². The van der Waals surface area contributed by atoms with E-state index in [0.29, 0.717) is 0 Å². The fourth-order valence-corrected chi connectivity index (χ4v) is 2.42. The Morgan fingerprint density at radius 1 is 1.12 bits per heavy atom. The molecule has 94 valence electrons. The van der Waals surface area contributed by atoms with Crippen molar-refractivity contribution in [3.8, 4) is 0 Å². The molecule has 1 nitrogen and oxygen atoms in total. The maximum atomic E-state index is 3.45. The Labute approximate surface area is 106 Å². The van der Waals surface area contributed by atoms with Crippen molar-refractivity contribution in [2.24, 2.45) is 0 Å². The normalized spacial score (nSPS) is 15.8. The highest BCUT2D eigenvalue weighted by atomic mass is 14.8. The molecule has 0 heterocycles. The molecule has 0 amide bonds. The lowest BCUT2D eigenvalue weighted by molar-refractivity contribution is 0.419. The van der Waals surface area contributed by atoms with Crippen LogP contribution in [-0.4, -0.2) is 13.1 Å². The Morgan fingerprint density at radius 2 is 1.88 bits per heavy atom. The standard InChI is InChI=1S/C16H25N/c1-2-12-17-13-4-5-14-8-10-16(11-9-14)15-6-3-7-15/h8-11,15,17H,2-7,12-13H2,1H3. The number of hydrogen-bond donors (Lipinski definition) is 1. The predicted octanol–water partition coefficient (Wildman–Crippen LogP) is 3.89. The van der Waals surface area contributed by atoms with Gasteiger partial charge in [0.2, 0.25) is 0 Å². The monoisotopic (exact) mass is 231 g/mol. The first-order chi connectivity index (χ1) is 8.40. The number of nitrogens with one attached hydrogen (secondary N) is 1. The predicted molar refractivity (Wildman–Crippen MR) is 74.5 cm³/mol. The van der Waals surface area contributed by atoms with Gasteiger partial charge in [-0.25, -0.2) is 0 Å². The summed E-state index contributed by atoms with van der Waals surface area (Å²) >= 11 is 0. The highest BCUT2D eigenvalue weighted by Gasteiger charge is 2.18. The van der Waals surface area contributed by atoms with Gasteiger partial charge in [-0.15, -0.1) is 0 Å². The summed E-state index contributed by atoms with van der Waals surface area (Å²) in [6.07, 6.45) is 7.93. The van der Waals surface area contributed by atoms with Crippen molar-refractivity contribution in [3.05, 3.63) is 35.4 Å². The zero-order valence-corrected chi connectivity index (χ0v) is 11.0. The van der Waals surface area contributed by atoms with E-state index in [4.69, 9.17) is 0 Å². The second-order valence-corrected chi connectivity index (χ2v) is 5.22. The number of benzene rings is 1. The lowest BCUT2D eigenvalue weighted by atomic mass is 9.80. The van der Waals surface area contributed by atoms with E-state index in [1.807, 2.05) is 0 Å². The molecule has 2 rings (SSSR count). The highest BCUT2D eigenvalue weighted by molar-refractivity contribution is 5.26. The first kappa shape index (κ1) is 12.6. The summed E-state index contributed by atoms with van der Waals surface area (Å²) in [6, 6.07) is 9.35. The van der Waals surface area contributed by atoms with Crippen LogP contribution in [0.2, 0.25) is 0 Å². The highest BCUT2D eigenvalue weighted by Crippen LogP contribution is 2.36. The molecule has 0 aromatic heterocycles. The summed E-state index contributed by atoms with van der Waals surface area (Å²) in [5.41, 5.74) is 3.05. The van der Waals surface area contributed by atoms with Crippen LogP contribution in [0.4, 0.5) is 0 Å². The number of aryl methyl sites for hydroxylation is 1. The lowest BCUT2D eigenvalue weighted by Crippen LogP contribution is -2.16. The van der Waals surface area contributed by atoms with Crippen LogP contribution in [0.25, 0.3) is 0 Å². The summed E-state index contributed by atoms with van der Waals surface area (Å²) in [4.78, 5) is 0. The van der Waals surface area contributed by atoms with Gasteiger partial charge in [0, 0.05) is 0 Å². The Balaban J connectivity index is 1.70. The van der Waals surface area contributed by atoms with Gasteiger partial charge >= 0.3 is 0 Å². The minimum atomic E-state index is 0.871. The smallest absolute Gasteiger partial charge is 0.00458 e. The van der Waals surface area contributed by atoms with Gasteiger partial charge < -0.3 is 5.32 Å². The van der Waals surface area contributed by atoms with Gasteiger partial charge in [0.05, 0.1) is 0 Å². The molecule has 0 aliphatic heterocycles. The molecule has 1 aromatic carbocycles. The summed E-state index contributed by atoms with van der Waals surface area (Å²) < 4.78 is 0. The van der Waals surface area contributed by atoms with Crippen molar-refractivity contribution in [1.82, 2.24) is 5.32 Å². The van der Waals surface area contributed by atoms with Gasteiger partial charge in [-0.2, -0.15) is 0 Å². The Bertz CT molecular complexity index is 311. The Kier molecular flexibility index (Phi) is 5.06. The molecule has 1 aromatic rings. The zero-order valence-electron chi connectivity index (χ0n) is 11.0. The Morgan fingerprint density at radius 3 is 2.47 bits per heavy atom. The first-order valence-corrected chi connectivity index (χ1v) is 7.19. The molecular weight excluding hydrogens is 206 g/mol. The van der Waals surface area contributed by atoms with Crippen LogP contribution in [-0.2, 0) is 6.42 Å². The molecular formula is C16H25N. The van der Waals surface area contributed by atoms with E-state index in [1.165, 1.54) is 44.1 Å². The van der Waals surface area contributed by atoms with Crippen molar-refractivity contribution in [2.45, 2.75) is 51.4 Å². The molecule has 1 heteroatoms. The van der Waals surface area contributed by atoms with Gasteiger partial charge in [0.15, 0.2) is 0 Å². The molecule has 1 fully saturated rings. The van der Waals surface area contributed by atoms with E-state index in [2.05, 4.69) is 36.5 Å². The molecule has 0 radical (unpaired) electrons. The molecule has 1 saturated carbocycles. The quantitative estimate of drug-likeness (QED) is 0.702. The summed E-state index contributed by atoms with van der Waals surface area (Å²) in [5, 5.41) is 3.45. The van der Waals surface area contributed by atoms with E-state index in [0.717, 1.165) is 19.0 Å². The maximum Gasteiger partial charge on any atom is -0.00458 e. The topological polar surface area (TPSA) is 12.0 Å². The van der Waals surface area contributed by atoms with Crippen LogP contribution in [0.3, 0.4) is 0 Å². The van der Waals surface area contributed by atoms with Gasteiger partial charge in [-0.05, 0) is 62.2 Å². The zero-order chi connectivity index (χ0) is 11.9. The molecule has 0 bridgehead atoms. The van der Waals surface area contributed by atoms with Crippen molar-refractivity contribution < 1.29 is 0 Å². The summed E-state index contributed by atoms with van der Waals surface area (Å²) in [6.45, 7) is 4.52. The third kappa shape index (κ3) is 3.85. The van der Waals surface area contributed by atoms with Gasteiger partial charge in [0.25, 0.3) is 0 Å². The average Bonchev–Trinajstić information content (AvgIpc) is 2.29. The molecule has 0 unspecified atom stereocenters. The molecule has 1 aliphatic carbocycles. The number of hydrogen-bond acceptors (Lipinski definition) is 1. The van der Waals surface area contributed by atoms with E-state index in [-0.39, 0.29) is 0 Å². The van der Waals surface area contributed by atoms with E-state index >= 15 is 0 Å². The SMILES string of the molecule is CCCNCCCc1ccc(C2CCC2)cc1. The third-order valence-electron chi connectivity index (χ3n) is 3.80. The average molecular weight is 231 g/mol. The van der Waals surface area contributed by atoms with Crippen LogP contribution >= 0.6 is 0 Å². The van der Waals surface area contributed by atoms with E-state index in [9.17, 15) is 0 Å². The first-order valence-electron chi connectivity index (χ1n) is 7.19. The van der Waals surface area contributed by atoms with E-state index < -0.39 is 0 Å². The molecule has 1 N–H and O–H groups in total. The van der Waals surface area contributed by atoms with Crippen LogP contribution in [0.5, 0.6) is 0 Å². The van der Waals surface area contributed by atoms with Gasteiger partial charge in [-0.3, -0.25) is 0 Å². The lowest BCUT2D eigenvalue weighted by Gasteiger charge is -2.25. The van der Waals surface area contributed by atoms with Crippen molar-refractivity contribution in [2.75, 3.05) is 13.1 Å². The minimum absolute atomic E-state index is 0.871. The van der Waals surface area contributed by atoms with Crippen molar-refractivity contribution in [1.29, 1.82) is 0 Å². The number of rotatable bonds is 7. The fraction of sp³-hybridized carbons (Fsp3) is 0.625. The molecule has 17 heavy (non-hydrogen) atoms. The third-order valence-corrected chi connectivity index (χ3v) is 3.80. The van der Waals surface area contributed by atoms with Crippen molar-refractivity contribution >= 4 is 0 Å². The fourth-order valence-electron chi connectivity index (χ4n) is 2.42. The van der Waals surface area contributed by atoms with Crippen LogP contribution in [0.15, 0.2) is 24.3 Å². The van der Waals surface area contributed by atoms with Gasteiger partial charge in [-0.1, -0.05) is 37.6 Å². The second-order valence-electron chi connectivity index (χ2n) is 5.22. The summed E-state index contributed by atoms with van der Waals surface area (Å²) in [7, 11) is 0. The molecule has 0 saturated heterocycles. The van der Waals surface area contributed by atoms with Crippen LogP contribution in [0.1, 0.15) is 56.1 Å². The van der Waals surface area contributed by atoms with Crippen molar-refractivity contribution in [3.63, 3.8) is 0 Å². The largest absolute Gasteiger partial charge is 0.317 e. The minimum Gasteiger partial charge on any atom is -0.317 e. The molecule has 0 atom stereocenters. The second kappa shape index (κ2) is 6.80. The maximum absolute atomic E-state index is 3.45.